The molecule has 0 radical (unpaired) electrons. The minimum Gasteiger partial charge on any atom is -0.281 e. The van der Waals surface area contributed by atoms with Gasteiger partial charge in [-0.25, -0.2) is 0 Å². The van der Waals surface area contributed by atoms with Crippen molar-refractivity contribution in [3.05, 3.63) is 0 Å². The molecule has 0 aromatic heterocycles. The summed E-state index contributed by atoms with van der Waals surface area (Å²) in [6, 6.07) is 0. The highest BCUT2D eigenvalue weighted by Gasteiger charge is 2.74. The first-order chi connectivity index (χ1) is 10.0. The maximum absolute atomic E-state index is 12.1. The predicted molar refractivity (Wildman–Crippen MR) is 80.9 cm³/mol. The van der Waals surface area contributed by atoms with Gasteiger partial charge < -0.3 is 0 Å². The normalized spacial score (nSPS) is 45.6. The molecular weight excluding hydrogens is 374 g/mol. The molecule has 0 aromatic rings. The third-order valence-electron chi connectivity index (χ3n) is 5.73. The summed E-state index contributed by atoms with van der Waals surface area (Å²) < 4.78 is 0. The Morgan fingerprint density at radius 1 is 0.455 bits per heavy atom. The van der Waals surface area contributed by atoms with E-state index in [1.54, 1.807) is 0 Å². The predicted octanol–water partition coefficient (Wildman–Crippen LogP) is 3.38. The van der Waals surface area contributed by atoms with Crippen LogP contribution >= 0.6 is 46.4 Å². The topological polar surface area (TPSA) is 68.3 Å². The fourth-order valence-corrected chi connectivity index (χ4v) is 6.27. The first-order valence-electron chi connectivity index (χ1n) is 6.82. The van der Waals surface area contributed by atoms with Crippen LogP contribution in [0.4, 0.5) is 0 Å². The zero-order valence-corrected chi connectivity index (χ0v) is 14.4. The number of hydrogen-bond donors (Lipinski definition) is 0. The van der Waals surface area contributed by atoms with Crippen LogP contribution in [0.5, 0.6) is 0 Å². The third kappa shape index (κ3) is 1.97. The molecule has 0 aliphatic heterocycles. The SMILES string of the molecule is O=C(Cl)C12CC3(C(=O)Cl)CC(C(=O)Cl)(C1)CC(C(=O)Cl)(C2)C3. The van der Waals surface area contributed by atoms with Gasteiger partial charge in [-0.15, -0.1) is 0 Å². The number of carbonyl (C=O) groups is 4. The van der Waals surface area contributed by atoms with E-state index in [2.05, 4.69) is 0 Å². The minimum absolute atomic E-state index is 0.141. The van der Waals surface area contributed by atoms with E-state index in [0.29, 0.717) is 0 Å². The third-order valence-corrected chi connectivity index (χ3v) is 7.33. The maximum atomic E-state index is 12.1. The summed E-state index contributed by atoms with van der Waals surface area (Å²) in [5.74, 6) is 0. The van der Waals surface area contributed by atoms with E-state index < -0.39 is 42.6 Å². The van der Waals surface area contributed by atoms with Gasteiger partial charge in [-0.2, -0.15) is 0 Å². The van der Waals surface area contributed by atoms with E-state index in [1.807, 2.05) is 0 Å². The Bertz CT molecular complexity index is 485. The highest BCUT2D eigenvalue weighted by molar-refractivity contribution is 6.68. The molecule has 0 saturated heterocycles. The standard InChI is InChI=1S/C14H12Cl4O4/c15-7(19)11-1-12(8(16)20)4-13(2-11,9(17)21)6-14(3-11,5-12)10(18)22/h1-6H2. The Morgan fingerprint density at radius 2 is 0.591 bits per heavy atom. The number of hydrogen-bond acceptors (Lipinski definition) is 4. The lowest BCUT2D eigenvalue weighted by molar-refractivity contribution is -0.194. The van der Waals surface area contributed by atoms with Gasteiger partial charge in [0.1, 0.15) is 0 Å². The summed E-state index contributed by atoms with van der Waals surface area (Å²) >= 11 is 23.2. The molecule has 4 rings (SSSR count). The van der Waals surface area contributed by atoms with Crippen molar-refractivity contribution >= 4 is 67.4 Å². The van der Waals surface area contributed by atoms with Crippen LogP contribution in [0.15, 0.2) is 0 Å². The molecular formula is C14H12Cl4O4. The second-order valence-corrected chi connectivity index (χ2v) is 8.65. The van der Waals surface area contributed by atoms with Crippen LogP contribution in [0.3, 0.4) is 0 Å². The second kappa shape index (κ2) is 4.69. The maximum Gasteiger partial charge on any atom is 0.227 e. The molecule has 4 aliphatic rings. The molecule has 4 aliphatic carbocycles. The average Bonchev–Trinajstić information content (AvgIpc) is 2.36. The van der Waals surface area contributed by atoms with Crippen LogP contribution in [0.1, 0.15) is 38.5 Å². The Labute approximate surface area is 146 Å². The van der Waals surface area contributed by atoms with Crippen LogP contribution < -0.4 is 0 Å². The molecule has 0 atom stereocenters. The van der Waals surface area contributed by atoms with E-state index in [4.69, 9.17) is 46.4 Å². The lowest BCUT2D eigenvalue weighted by Gasteiger charge is -2.66. The Balaban J connectivity index is 2.26. The fourth-order valence-electron chi connectivity index (χ4n) is 5.47. The Kier molecular flexibility index (Phi) is 3.55. The molecule has 4 fully saturated rings. The van der Waals surface area contributed by atoms with Gasteiger partial charge in [0.15, 0.2) is 0 Å². The molecule has 8 heteroatoms. The average molecular weight is 386 g/mol. The van der Waals surface area contributed by atoms with E-state index in [1.165, 1.54) is 0 Å². The summed E-state index contributed by atoms with van der Waals surface area (Å²) in [4.78, 5) is 48.4. The smallest absolute Gasteiger partial charge is 0.227 e. The molecule has 0 spiro atoms. The Morgan fingerprint density at radius 3 is 0.682 bits per heavy atom. The van der Waals surface area contributed by atoms with Gasteiger partial charge in [0, 0.05) is 21.7 Å². The van der Waals surface area contributed by atoms with E-state index in [9.17, 15) is 19.2 Å². The summed E-state index contributed by atoms with van der Waals surface area (Å²) in [6.45, 7) is 0. The lowest BCUT2D eigenvalue weighted by Crippen LogP contribution is -2.66. The van der Waals surface area contributed by atoms with Gasteiger partial charge in [-0.05, 0) is 84.9 Å². The van der Waals surface area contributed by atoms with Crippen molar-refractivity contribution in [2.75, 3.05) is 0 Å². The van der Waals surface area contributed by atoms with Crippen LogP contribution in [-0.2, 0) is 19.2 Å². The molecule has 0 aromatic carbocycles. The molecule has 4 bridgehead atoms. The number of halogens is 4. The summed E-state index contributed by atoms with van der Waals surface area (Å²) in [5.41, 5.74) is -4.63. The van der Waals surface area contributed by atoms with Gasteiger partial charge >= 0.3 is 0 Å². The van der Waals surface area contributed by atoms with Crippen molar-refractivity contribution in [1.29, 1.82) is 0 Å². The summed E-state index contributed by atoms with van der Waals surface area (Å²) in [5, 5.41) is -2.67. The van der Waals surface area contributed by atoms with Gasteiger partial charge in [0.05, 0.1) is 0 Å². The highest BCUT2D eigenvalue weighted by atomic mass is 35.5. The van der Waals surface area contributed by atoms with Crippen molar-refractivity contribution in [1.82, 2.24) is 0 Å². The number of rotatable bonds is 4. The summed E-state index contributed by atoms with van der Waals surface area (Å²) in [6.07, 6.45) is 0.848. The van der Waals surface area contributed by atoms with Crippen molar-refractivity contribution in [2.24, 2.45) is 21.7 Å². The van der Waals surface area contributed by atoms with Crippen LogP contribution in [-0.4, -0.2) is 21.0 Å². The van der Waals surface area contributed by atoms with E-state index >= 15 is 0 Å². The molecule has 0 N–H and O–H groups in total. The first-order valence-corrected chi connectivity index (χ1v) is 8.33. The fraction of sp³-hybridized carbons (Fsp3) is 0.714. The second-order valence-electron chi connectivity index (χ2n) is 7.28. The largest absolute Gasteiger partial charge is 0.281 e. The highest BCUT2D eigenvalue weighted by Crippen LogP contribution is 2.75. The van der Waals surface area contributed by atoms with Gasteiger partial charge in [-0.1, -0.05) is 0 Å². The quantitative estimate of drug-likeness (QED) is 0.695. The molecule has 0 heterocycles. The van der Waals surface area contributed by atoms with Crippen LogP contribution in [0.25, 0.3) is 0 Å². The van der Waals surface area contributed by atoms with Gasteiger partial charge in [-0.3, -0.25) is 19.2 Å². The zero-order valence-electron chi connectivity index (χ0n) is 11.4. The van der Waals surface area contributed by atoms with E-state index in [-0.39, 0.29) is 38.5 Å². The lowest BCUT2D eigenvalue weighted by atomic mass is 9.36. The molecule has 120 valence electrons. The minimum atomic E-state index is -1.16. The molecule has 22 heavy (non-hydrogen) atoms. The molecule has 4 nitrogen and oxygen atoms in total. The molecule has 0 unspecified atom stereocenters. The van der Waals surface area contributed by atoms with Crippen molar-refractivity contribution in [2.45, 2.75) is 38.5 Å². The Hall–Kier alpha value is -0.160. The first kappa shape index (κ1) is 16.7. The summed E-state index contributed by atoms with van der Waals surface area (Å²) in [7, 11) is 0. The zero-order chi connectivity index (χ0) is 16.6. The van der Waals surface area contributed by atoms with Crippen molar-refractivity contribution < 1.29 is 19.2 Å². The number of carbonyl (C=O) groups excluding carboxylic acids is 4. The molecule has 4 saturated carbocycles. The van der Waals surface area contributed by atoms with Gasteiger partial charge in [0.2, 0.25) is 21.0 Å². The van der Waals surface area contributed by atoms with Crippen LogP contribution in [0, 0.1) is 21.7 Å². The van der Waals surface area contributed by atoms with Crippen LogP contribution in [0.2, 0.25) is 0 Å². The van der Waals surface area contributed by atoms with Gasteiger partial charge in [0.25, 0.3) is 0 Å². The van der Waals surface area contributed by atoms with Crippen molar-refractivity contribution in [3.8, 4) is 0 Å². The molecule has 0 amide bonds. The van der Waals surface area contributed by atoms with E-state index in [0.717, 1.165) is 0 Å². The van der Waals surface area contributed by atoms with Crippen molar-refractivity contribution in [3.63, 3.8) is 0 Å². The monoisotopic (exact) mass is 384 g/mol.